The van der Waals surface area contributed by atoms with E-state index in [1.165, 1.54) is 7.11 Å². The molecule has 2 rings (SSSR count). The highest BCUT2D eigenvalue weighted by atomic mass is 16.9. The second-order valence-electron chi connectivity index (χ2n) is 4.62. The lowest BCUT2D eigenvalue weighted by Crippen LogP contribution is -2.41. The van der Waals surface area contributed by atoms with Gasteiger partial charge in [-0.05, 0) is 48.5 Å². The minimum Gasteiger partial charge on any atom is -0.497 e. The van der Waals surface area contributed by atoms with Crippen LogP contribution in [0.4, 0.5) is 0 Å². The summed E-state index contributed by atoms with van der Waals surface area (Å²) in [4.78, 5) is 0. The Labute approximate surface area is 130 Å². The van der Waals surface area contributed by atoms with Crippen LogP contribution in [-0.2, 0) is 4.74 Å². The minimum atomic E-state index is -1.25. The molecule has 22 heavy (non-hydrogen) atoms. The molecule has 0 bridgehead atoms. The predicted molar refractivity (Wildman–Crippen MR) is 82.7 cm³/mol. The highest BCUT2D eigenvalue weighted by molar-refractivity contribution is 5.32. The van der Waals surface area contributed by atoms with Gasteiger partial charge in [0.05, 0.1) is 14.2 Å². The highest BCUT2D eigenvalue weighted by Gasteiger charge is 2.29. The van der Waals surface area contributed by atoms with Crippen LogP contribution in [-0.4, -0.2) is 27.3 Å². The van der Waals surface area contributed by atoms with Gasteiger partial charge in [0, 0.05) is 14.0 Å². The van der Waals surface area contributed by atoms with Crippen molar-refractivity contribution >= 4 is 0 Å². The van der Waals surface area contributed by atoms with Gasteiger partial charge in [0.1, 0.15) is 23.0 Å². The number of ether oxygens (including phenoxy) is 5. The summed E-state index contributed by atoms with van der Waals surface area (Å²) in [7, 11) is 4.75. The van der Waals surface area contributed by atoms with Gasteiger partial charge in [0.15, 0.2) is 0 Å². The number of methoxy groups -OCH3 is 3. The Morgan fingerprint density at radius 3 is 1.18 bits per heavy atom. The van der Waals surface area contributed by atoms with E-state index < -0.39 is 5.97 Å². The first-order valence-electron chi connectivity index (χ1n) is 6.80. The lowest BCUT2D eigenvalue weighted by molar-refractivity contribution is -0.275. The largest absolute Gasteiger partial charge is 0.497 e. The Bertz CT molecular complexity index is 528. The van der Waals surface area contributed by atoms with Gasteiger partial charge in [0.2, 0.25) is 0 Å². The lowest BCUT2D eigenvalue weighted by Gasteiger charge is -2.29. The zero-order chi connectivity index (χ0) is 16.0. The second-order valence-corrected chi connectivity index (χ2v) is 4.62. The van der Waals surface area contributed by atoms with E-state index in [1.807, 2.05) is 0 Å². The van der Waals surface area contributed by atoms with Crippen LogP contribution >= 0.6 is 0 Å². The first-order valence-corrected chi connectivity index (χ1v) is 6.80. The Kier molecular flexibility index (Phi) is 5.12. The van der Waals surface area contributed by atoms with Gasteiger partial charge in [-0.25, -0.2) is 0 Å². The van der Waals surface area contributed by atoms with E-state index in [1.54, 1.807) is 69.7 Å². The van der Waals surface area contributed by atoms with Crippen molar-refractivity contribution in [2.24, 2.45) is 0 Å². The number of hydrogen-bond acceptors (Lipinski definition) is 5. The molecule has 0 unspecified atom stereocenters. The molecular weight excluding hydrogens is 284 g/mol. The van der Waals surface area contributed by atoms with Crippen molar-refractivity contribution in [3.63, 3.8) is 0 Å². The van der Waals surface area contributed by atoms with Gasteiger partial charge in [0.25, 0.3) is 0 Å². The van der Waals surface area contributed by atoms with E-state index in [4.69, 9.17) is 23.7 Å². The summed E-state index contributed by atoms with van der Waals surface area (Å²) >= 11 is 0. The molecular formula is C17H20O5. The second kappa shape index (κ2) is 7.04. The smallest absolute Gasteiger partial charge is 0.368 e. The Morgan fingerprint density at radius 2 is 0.909 bits per heavy atom. The molecule has 118 valence electrons. The van der Waals surface area contributed by atoms with Crippen LogP contribution in [0.1, 0.15) is 6.92 Å². The molecule has 2 aromatic carbocycles. The fourth-order valence-electron chi connectivity index (χ4n) is 1.82. The molecule has 0 aliphatic carbocycles. The number of hydrogen-bond donors (Lipinski definition) is 0. The molecule has 0 amide bonds. The van der Waals surface area contributed by atoms with Crippen molar-refractivity contribution in [1.82, 2.24) is 0 Å². The maximum Gasteiger partial charge on any atom is 0.368 e. The van der Waals surface area contributed by atoms with Gasteiger partial charge in [-0.2, -0.15) is 0 Å². The van der Waals surface area contributed by atoms with E-state index in [0.29, 0.717) is 11.5 Å². The zero-order valence-electron chi connectivity index (χ0n) is 13.2. The molecule has 0 aliphatic rings. The van der Waals surface area contributed by atoms with Crippen LogP contribution in [0, 0.1) is 0 Å². The summed E-state index contributed by atoms with van der Waals surface area (Å²) in [6.07, 6.45) is 0. The van der Waals surface area contributed by atoms with Crippen LogP contribution in [0.5, 0.6) is 23.0 Å². The van der Waals surface area contributed by atoms with E-state index in [2.05, 4.69) is 0 Å². The predicted octanol–water partition coefficient (Wildman–Crippen LogP) is 3.48. The first-order chi connectivity index (χ1) is 10.6. The molecule has 2 aromatic rings. The molecule has 0 radical (unpaired) electrons. The minimum absolute atomic E-state index is 0.610. The fraction of sp³-hybridized carbons (Fsp3) is 0.294. The first kappa shape index (κ1) is 16.0. The highest BCUT2D eigenvalue weighted by Crippen LogP contribution is 2.26. The SMILES string of the molecule is COc1ccc(OC(C)(OC)Oc2ccc(OC)cc2)cc1. The fourth-order valence-corrected chi connectivity index (χ4v) is 1.82. The van der Waals surface area contributed by atoms with Crippen molar-refractivity contribution in [2.45, 2.75) is 12.9 Å². The Morgan fingerprint density at radius 1 is 0.591 bits per heavy atom. The molecule has 0 saturated carbocycles. The summed E-state index contributed by atoms with van der Waals surface area (Å²) < 4.78 is 27.1. The molecule has 0 heterocycles. The summed E-state index contributed by atoms with van der Waals surface area (Å²) in [5.41, 5.74) is 0. The van der Waals surface area contributed by atoms with Crippen molar-refractivity contribution in [2.75, 3.05) is 21.3 Å². The summed E-state index contributed by atoms with van der Waals surface area (Å²) in [5, 5.41) is 0. The van der Waals surface area contributed by atoms with Crippen LogP contribution < -0.4 is 18.9 Å². The van der Waals surface area contributed by atoms with Gasteiger partial charge in [-0.1, -0.05) is 0 Å². The molecule has 0 saturated heterocycles. The lowest BCUT2D eigenvalue weighted by atomic mass is 10.3. The van der Waals surface area contributed by atoms with Crippen molar-refractivity contribution in [3.05, 3.63) is 48.5 Å². The average Bonchev–Trinajstić information content (AvgIpc) is 2.56. The quantitative estimate of drug-likeness (QED) is 0.733. The third-order valence-electron chi connectivity index (χ3n) is 3.10. The van der Waals surface area contributed by atoms with Gasteiger partial charge < -0.3 is 23.7 Å². The van der Waals surface area contributed by atoms with E-state index >= 15 is 0 Å². The van der Waals surface area contributed by atoms with Crippen molar-refractivity contribution < 1.29 is 23.7 Å². The summed E-state index contributed by atoms with van der Waals surface area (Å²) in [5.74, 6) is 1.48. The van der Waals surface area contributed by atoms with Crippen molar-refractivity contribution in [1.29, 1.82) is 0 Å². The normalized spacial score (nSPS) is 10.9. The molecule has 0 aliphatic heterocycles. The average molecular weight is 304 g/mol. The zero-order valence-corrected chi connectivity index (χ0v) is 13.2. The van der Waals surface area contributed by atoms with E-state index in [9.17, 15) is 0 Å². The Balaban J connectivity index is 2.09. The molecule has 5 heteroatoms. The maximum absolute atomic E-state index is 5.78. The molecule has 0 N–H and O–H groups in total. The maximum atomic E-state index is 5.78. The standard InChI is InChI=1S/C17H20O5/c1-17(20-4,21-15-9-5-13(18-2)6-10-15)22-16-11-7-14(19-3)8-12-16/h5-12H,1-4H3. The van der Waals surface area contributed by atoms with E-state index in [-0.39, 0.29) is 0 Å². The van der Waals surface area contributed by atoms with Crippen molar-refractivity contribution in [3.8, 4) is 23.0 Å². The van der Waals surface area contributed by atoms with E-state index in [0.717, 1.165) is 11.5 Å². The third-order valence-corrected chi connectivity index (χ3v) is 3.10. The van der Waals surface area contributed by atoms with Crippen LogP contribution in [0.15, 0.2) is 48.5 Å². The summed E-state index contributed by atoms with van der Waals surface area (Å²) in [6.45, 7) is 1.70. The van der Waals surface area contributed by atoms with Gasteiger partial charge >= 0.3 is 5.97 Å². The molecule has 0 spiro atoms. The van der Waals surface area contributed by atoms with Crippen LogP contribution in [0.3, 0.4) is 0 Å². The van der Waals surface area contributed by atoms with Crippen LogP contribution in [0.2, 0.25) is 0 Å². The molecule has 0 fully saturated rings. The summed E-state index contributed by atoms with van der Waals surface area (Å²) in [6, 6.07) is 14.4. The van der Waals surface area contributed by atoms with Gasteiger partial charge in [-0.3, -0.25) is 0 Å². The molecule has 5 nitrogen and oxygen atoms in total. The number of benzene rings is 2. The molecule has 0 atom stereocenters. The topological polar surface area (TPSA) is 46.2 Å². The third kappa shape index (κ3) is 4.05. The molecule has 0 aromatic heterocycles. The van der Waals surface area contributed by atoms with Gasteiger partial charge in [-0.15, -0.1) is 0 Å². The Hall–Kier alpha value is -2.40. The van der Waals surface area contributed by atoms with Crippen LogP contribution in [0.25, 0.3) is 0 Å². The monoisotopic (exact) mass is 304 g/mol. The number of rotatable bonds is 7.